The van der Waals surface area contributed by atoms with Crippen LogP contribution < -0.4 is 10.6 Å². The van der Waals surface area contributed by atoms with E-state index in [1.54, 1.807) is 6.92 Å². The quantitative estimate of drug-likeness (QED) is 0.763. The lowest BCUT2D eigenvalue weighted by Crippen LogP contribution is -2.34. The number of nitrogens with zero attached hydrogens (tertiary/aromatic N) is 2. The standard InChI is InChI=1S/C6H8N4O3S/c1-2-13-6(12)9-4(11)8-5-10-7-3-14-5/h3H,2H2,1H3,(H2,8,9,10,11,12). The lowest BCUT2D eigenvalue weighted by Gasteiger charge is -2.02. The third-order valence-corrected chi connectivity index (χ3v) is 1.68. The van der Waals surface area contributed by atoms with Gasteiger partial charge in [0.2, 0.25) is 5.13 Å². The summed E-state index contributed by atoms with van der Waals surface area (Å²) in [6, 6.07) is -0.694. The summed E-state index contributed by atoms with van der Waals surface area (Å²) in [4.78, 5) is 21.8. The molecule has 1 rings (SSSR count). The summed E-state index contributed by atoms with van der Waals surface area (Å²) in [7, 11) is 0. The van der Waals surface area contributed by atoms with Crippen molar-refractivity contribution in [2.45, 2.75) is 6.92 Å². The summed E-state index contributed by atoms with van der Waals surface area (Å²) in [5, 5.41) is 11.6. The number of hydrogen-bond acceptors (Lipinski definition) is 6. The smallest absolute Gasteiger partial charge is 0.415 e. The Kier molecular flexibility index (Phi) is 3.80. The number of anilines is 1. The van der Waals surface area contributed by atoms with Crippen molar-refractivity contribution < 1.29 is 14.3 Å². The Morgan fingerprint density at radius 3 is 3.00 bits per heavy atom. The Bertz CT molecular complexity index is 313. The molecule has 14 heavy (non-hydrogen) atoms. The van der Waals surface area contributed by atoms with Crippen LogP contribution in [0.3, 0.4) is 0 Å². The summed E-state index contributed by atoms with van der Waals surface area (Å²) in [5.41, 5.74) is 1.46. The van der Waals surface area contributed by atoms with Crippen molar-refractivity contribution in [3.8, 4) is 0 Å². The fourth-order valence-electron chi connectivity index (χ4n) is 0.616. The number of alkyl carbamates (subject to hydrolysis) is 1. The molecule has 0 atom stereocenters. The van der Waals surface area contributed by atoms with Crippen LogP contribution in [0.1, 0.15) is 6.92 Å². The third-order valence-electron chi connectivity index (χ3n) is 1.07. The van der Waals surface area contributed by atoms with Gasteiger partial charge in [0.05, 0.1) is 6.61 Å². The molecule has 1 aromatic heterocycles. The van der Waals surface area contributed by atoms with E-state index in [4.69, 9.17) is 0 Å². The average molecular weight is 216 g/mol. The van der Waals surface area contributed by atoms with Gasteiger partial charge in [-0.1, -0.05) is 11.3 Å². The van der Waals surface area contributed by atoms with Crippen LogP contribution in [-0.2, 0) is 4.74 Å². The number of rotatable bonds is 2. The van der Waals surface area contributed by atoms with Crippen LogP contribution in [0.15, 0.2) is 5.51 Å². The SMILES string of the molecule is CCOC(=O)NC(=O)Nc1nncs1. The number of carbonyl (C=O) groups excluding carboxylic acids is 2. The fourth-order valence-corrected chi connectivity index (χ4v) is 1.06. The number of urea groups is 1. The number of hydrogen-bond donors (Lipinski definition) is 2. The molecule has 0 bridgehead atoms. The number of aromatic nitrogens is 2. The molecule has 1 heterocycles. The lowest BCUT2D eigenvalue weighted by molar-refractivity contribution is 0.154. The highest BCUT2D eigenvalue weighted by molar-refractivity contribution is 7.13. The monoisotopic (exact) mass is 216 g/mol. The zero-order valence-electron chi connectivity index (χ0n) is 7.31. The van der Waals surface area contributed by atoms with E-state index >= 15 is 0 Å². The van der Waals surface area contributed by atoms with Crippen LogP contribution in [0.25, 0.3) is 0 Å². The molecular formula is C6H8N4O3S. The zero-order chi connectivity index (χ0) is 10.4. The maximum absolute atomic E-state index is 11.0. The normalized spacial score (nSPS) is 9.21. The molecule has 3 amide bonds. The molecule has 0 aliphatic carbocycles. The summed E-state index contributed by atoms with van der Waals surface area (Å²) < 4.78 is 4.49. The summed E-state index contributed by atoms with van der Waals surface area (Å²) >= 11 is 1.15. The molecule has 8 heteroatoms. The predicted octanol–water partition coefficient (Wildman–Crippen LogP) is 0.816. The van der Waals surface area contributed by atoms with Gasteiger partial charge in [0.25, 0.3) is 0 Å². The van der Waals surface area contributed by atoms with E-state index in [-0.39, 0.29) is 6.61 Å². The minimum atomic E-state index is -0.797. The van der Waals surface area contributed by atoms with Crippen molar-refractivity contribution >= 4 is 28.6 Å². The molecule has 76 valence electrons. The minimum absolute atomic E-state index is 0.206. The Balaban J connectivity index is 2.33. The molecule has 0 saturated heterocycles. The van der Waals surface area contributed by atoms with E-state index in [1.807, 2.05) is 5.32 Å². The van der Waals surface area contributed by atoms with Crippen molar-refractivity contribution in [2.75, 3.05) is 11.9 Å². The Labute approximate surface area is 83.5 Å². The molecule has 0 unspecified atom stereocenters. The second-order valence-electron chi connectivity index (χ2n) is 2.04. The minimum Gasteiger partial charge on any atom is -0.450 e. The van der Waals surface area contributed by atoms with Crippen LogP contribution >= 0.6 is 11.3 Å². The number of nitrogens with one attached hydrogen (secondary N) is 2. The molecule has 0 aliphatic rings. The number of carbonyl (C=O) groups is 2. The number of ether oxygens (including phenoxy) is 1. The Hall–Kier alpha value is -1.70. The van der Waals surface area contributed by atoms with E-state index in [1.165, 1.54) is 5.51 Å². The first kappa shape index (κ1) is 10.4. The van der Waals surface area contributed by atoms with Gasteiger partial charge in [-0.25, -0.2) is 14.9 Å². The largest absolute Gasteiger partial charge is 0.450 e. The predicted molar refractivity (Wildman–Crippen MR) is 49.1 cm³/mol. The van der Waals surface area contributed by atoms with E-state index in [2.05, 4.69) is 20.3 Å². The van der Waals surface area contributed by atoms with E-state index in [0.29, 0.717) is 5.13 Å². The van der Waals surface area contributed by atoms with Crippen LogP contribution in [-0.4, -0.2) is 28.9 Å². The molecule has 0 fully saturated rings. The van der Waals surface area contributed by atoms with Crippen molar-refractivity contribution in [1.29, 1.82) is 0 Å². The summed E-state index contributed by atoms with van der Waals surface area (Å²) in [6.45, 7) is 1.85. The van der Waals surface area contributed by atoms with Crippen molar-refractivity contribution in [1.82, 2.24) is 15.5 Å². The van der Waals surface area contributed by atoms with Gasteiger partial charge in [-0.05, 0) is 6.92 Å². The van der Waals surface area contributed by atoms with Gasteiger partial charge in [0, 0.05) is 0 Å². The van der Waals surface area contributed by atoms with Gasteiger partial charge in [0.15, 0.2) is 0 Å². The van der Waals surface area contributed by atoms with Gasteiger partial charge in [0.1, 0.15) is 5.51 Å². The maximum Gasteiger partial charge on any atom is 0.415 e. The molecule has 7 nitrogen and oxygen atoms in total. The molecule has 0 aliphatic heterocycles. The van der Waals surface area contributed by atoms with E-state index in [9.17, 15) is 9.59 Å². The van der Waals surface area contributed by atoms with Crippen molar-refractivity contribution in [3.05, 3.63) is 5.51 Å². The second kappa shape index (κ2) is 5.12. The molecule has 0 aromatic carbocycles. The maximum atomic E-state index is 11.0. The molecule has 0 radical (unpaired) electrons. The van der Waals surface area contributed by atoms with Gasteiger partial charge < -0.3 is 4.74 Å². The average Bonchev–Trinajstić information content (AvgIpc) is 2.56. The second-order valence-corrected chi connectivity index (χ2v) is 2.88. The first-order valence-electron chi connectivity index (χ1n) is 3.73. The van der Waals surface area contributed by atoms with Crippen LogP contribution in [0, 0.1) is 0 Å². The molecule has 2 N–H and O–H groups in total. The molecule has 0 saturated carbocycles. The van der Waals surface area contributed by atoms with Gasteiger partial charge in [-0.3, -0.25) is 5.32 Å². The Morgan fingerprint density at radius 2 is 2.43 bits per heavy atom. The first-order chi connectivity index (χ1) is 6.72. The number of imide groups is 1. The third kappa shape index (κ3) is 3.35. The van der Waals surface area contributed by atoms with E-state index in [0.717, 1.165) is 11.3 Å². The van der Waals surface area contributed by atoms with Crippen LogP contribution in [0.2, 0.25) is 0 Å². The first-order valence-corrected chi connectivity index (χ1v) is 4.61. The molecule has 1 aromatic rings. The highest BCUT2D eigenvalue weighted by atomic mass is 32.1. The highest BCUT2D eigenvalue weighted by Crippen LogP contribution is 2.06. The topological polar surface area (TPSA) is 93.2 Å². The molecular weight excluding hydrogens is 208 g/mol. The summed E-state index contributed by atoms with van der Waals surface area (Å²) in [5.74, 6) is 0. The Morgan fingerprint density at radius 1 is 1.64 bits per heavy atom. The fraction of sp³-hybridized carbons (Fsp3) is 0.333. The van der Waals surface area contributed by atoms with Crippen molar-refractivity contribution in [2.24, 2.45) is 0 Å². The lowest BCUT2D eigenvalue weighted by atomic mass is 10.8. The van der Waals surface area contributed by atoms with Gasteiger partial charge in [-0.2, -0.15) is 0 Å². The van der Waals surface area contributed by atoms with Crippen LogP contribution in [0.4, 0.5) is 14.7 Å². The van der Waals surface area contributed by atoms with Crippen LogP contribution in [0.5, 0.6) is 0 Å². The number of amides is 3. The van der Waals surface area contributed by atoms with Gasteiger partial charge in [-0.15, -0.1) is 10.2 Å². The summed E-state index contributed by atoms with van der Waals surface area (Å²) in [6.07, 6.45) is -0.797. The van der Waals surface area contributed by atoms with E-state index < -0.39 is 12.1 Å². The van der Waals surface area contributed by atoms with Gasteiger partial charge >= 0.3 is 12.1 Å². The van der Waals surface area contributed by atoms with Crippen molar-refractivity contribution in [3.63, 3.8) is 0 Å². The highest BCUT2D eigenvalue weighted by Gasteiger charge is 2.08. The zero-order valence-corrected chi connectivity index (χ0v) is 8.13. The molecule has 0 spiro atoms.